The van der Waals surface area contributed by atoms with Crippen LogP contribution in [0.5, 0.6) is 0 Å². The van der Waals surface area contributed by atoms with Gasteiger partial charge in [-0.1, -0.05) is 28.9 Å². The van der Waals surface area contributed by atoms with Gasteiger partial charge < -0.3 is 10.1 Å². The predicted molar refractivity (Wildman–Crippen MR) is 78.8 cm³/mol. The zero-order chi connectivity index (χ0) is 13.7. The number of hydrogen-bond acceptors (Lipinski definition) is 2. The Labute approximate surface area is 122 Å². The minimum Gasteiger partial charge on any atom is -0.381 e. The molecule has 0 radical (unpaired) electrons. The van der Waals surface area contributed by atoms with E-state index in [0.717, 1.165) is 49.1 Å². The maximum atomic E-state index is 13.9. The molecule has 2 unspecified atom stereocenters. The van der Waals surface area contributed by atoms with Gasteiger partial charge in [0.15, 0.2) is 0 Å². The summed E-state index contributed by atoms with van der Waals surface area (Å²) in [5.41, 5.74) is 0.781. The quantitative estimate of drug-likeness (QED) is 0.861. The molecule has 19 heavy (non-hydrogen) atoms. The molecule has 1 fully saturated rings. The van der Waals surface area contributed by atoms with Gasteiger partial charge in [0.05, 0.1) is 6.61 Å². The second kappa shape index (κ2) is 7.36. The SMILES string of the molecule is CCCNC(Cc1ccc(Br)cc1F)C1CCOC1. The summed E-state index contributed by atoms with van der Waals surface area (Å²) < 4.78 is 20.2. The van der Waals surface area contributed by atoms with E-state index in [2.05, 4.69) is 28.2 Å². The van der Waals surface area contributed by atoms with E-state index in [9.17, 15) is 4.39 Å². The Balaban J connectivity index is 2.05. The van der Waals surface area contributed by atoms with Crippen molar-refractivity contribution in [3.63, 3.8) is 0 Å². The molecule has 1 aromatic rings. The average Bonchev–Trinajstić information content (AvgIpc) is 2.90. The minimum absolute atomic E-state index is 0.128. The zero-order valence-corrected chi connectivity index (χ0v) is 12.9. The van der Waals surface area contributed by atoms with Crippen molar-refractivity contribution < 1.29 is 9.13 Å². The second-order valence-corrected chi connectivity index (χ2v) is 6.04. The van der Waals surface area contributed by atoms with E-state index in [0.29, 0.717) is 12.0 Å². The third-order valence-electron chi connectivity index (χ3n) is 3.65. The first-order chi connectivity index (χ1) is 9.20. The Kier molecular flexibility index (Phi) is 5.79. The van der Waals surface area contributed by atoms with Gasteiger partial charge in [-0.3, -0.25) is 0 Å². The monoisotopic (exact) mass is 329 g/mol. The summed E-state index contributed by atoms with van der Waals surface area (Å²) in [6, 6.07) is 5.62. The van der Waals surface area contributed by atoms with Crippen molar-refractivity contribution in [1.82, 2.24) is 5.32 Å². The van der Waals surface area contributed by atoms with Crippen molar-refractivity contribution in [1.29, 1.82) is 0 Å². The highest BCUT2D eigenvalue weighted by Crippen LogP contribution is 2.22. The molecular formula is C15H21BrFNO. The molecule has 0 saturated carbocycles. The molecule has 2 atom stereocenters. The lowest BCUT2D eigenvalue weighted by molar-refractivity contribution is 0.176. The summed E-state index contributed by atoms with van der Waals surface area (Å²) in [6.07, 6.45) is 2.89. The number of ether oxygens (including phenoxy) is 1. The van der Waals surface area contributed by atoms with Crippen LogP contribution in [0.2, 0.25) is 0 Å². The highest BCUT2D eigenvalue weighted by atomic mass is 79.9. The van der Waals surface area contributed by atoms with Gasteiger partial charge in [0.25, 0.3) is 0 Å². The molecule has 0 aliphatic carbocycles. The first kappa shape index (κ1) is 14.9. The Hall–Kier alpha value is -0.450. The highest BCUT2D eigenvalue weighted by Gasteiger charge is 2.26. The van der Waals surface area contributed by atoms with E-state index in [1.807, 2.05) is 12.1 Å². The third kappa shape index (κ3) is 4.26. The van der Waals surface area contributed by atoms with Crippen LogP contribution in [0.1, 0.15) is 25.3 Å². The summed E-state index contributed by atoms with van der Waals surface area (Å²) in [6.45, 7) is 4.74. The van der Waals surface area contributed by atoms with Crippen molar-refractivity contribution in [2.45, 2.75) is 32.2 Å². The van der Waals surface area contributed by atoms with Crippen LogP contribution in [0, 0.1) is 11.7 Å². The average molecular weight is 330 g/mol. The number of halogens is 2. The largest absolute Gasteiger partial charge is 0.381 e. The number of rotatable bonds is 6. The predicted octanol–water partition coefficient (Wildman–Crippen LogP) is 3.54. The lowest BCUT2D eigenvalue weighted by Gasteiger charge is -2.24. The van der Waals surface area contributed by atoms with Crippen LogP contribution in [0.3, 0.4) is 0 Å². The summed E-state index contributed by atoms with van der Waals surface area (Å²) in [5, 5.41) is 3.54. The zero-order valence-electron chi connectivity index (χ0n) is 11.3. The topological polar surface area (TPSA) is 21.3 Å². The summed E-state index contributed by atoms with van der Waals surface area (Å²) in [4.78, 5) is 0. The molecule has 1 N–H and O–H groups in total. The molecule has 1 heterocycles. The van der Waals surface area contributed by atoms with Gasteiger partial charge in [0, 0.05) is 23.0 Å². The number of hydrogen-bond donors (Lipinski definition) is 1. The fraction of sp³-hybridized carbons (Fsp3) is 0.600. The summed E-state index contributed by atoms with van der Waals surface area (Å²) >= 11 is 3.30. The van der Waals surface area contributed by atoms with Crippen molar-refractivity contribution in [3.05, 3.63) is 34.1 Å². The summed E-state index contributed by atoms with van der Waals surface area (Å²) in [5.74, 6) is 0.367. The third-order valence-corrected chi connectivity index (χ3v) is 4.14. The first-order valence-electron chi connectivity index (χ1n) is 6.95. The fourth-order valence-corrected chi connectivity index (χ4v) is 2.86. The van der Waals surface area contributed by atoms with Gasteiger partial charge >= 0.3 is 0 Å². The van der Waals surface area contributed by atoms with E-state index < -0.39 is 0 Å². The number of benzene rings is 1. The van der Waals surface area contributed by atoms with Gasteiger partial charge in [-0.2, -0.15) is 0 Å². The Morgan fingerprint density at radius 2 is 2.37 bits per heavy atom. The maximum absolute atomic E-state index is 13.9. The van der Waals surface area contributed by atoms with Gasteiger partial charge in [-0.05, 0) is 43.5 Å². The van der Waals surface area contributed by atoms with Crippen molar-refractivity contribution >= 4 is 15.9 Å². The molecule has 2 rings (SSSR count). The Bertz CT molecular complexity index is 407. The van der Waals surface area contributed by atoms with Crippen LogP contribution >= 0.6 is 15.9 Å². The van der Waals surface area contributed by atoms with Crippen LogP contribution in [0.15, 0.2) is 22.7 Å². The lowest BCUT2D eigenvalue weighted by atomic mass is 9.92. The molecule has 1 aliphatic rings. The van der Waals surface area contributed by atoms with E-state index in [1.54, 1.807) is 0 Å². The van der Waals surface area contributed by atoms with E-state index in [-0.39, 0.29) is 5.82 Å². The van der Waals surface area contributed by atoms with Gasteiger partial charge in [-0.25, -0.2) is 4.39 Å². The van der Waals surface area contributed by atoms with Crippen LogP contribution < -0.4 is 5.32 Å². The van der Waals surface area contributed by atoms with Gasteiger partial charge in [-0.15, -0.1) is 0 Å². The molecule has 0 aromatic heterocycles. The lowest BCUT2D eigenvalue weighted by Crippen LogP contribution is -2.39. The maximum Gasteiger partial charge on any atom is 0.127 e. The summed E-state index contributed by atoms with van der Waals surface area (Å²) in [7, 11) is 0. The standard InChI is InChI=1S/C15H21BrFNO/c1-2-6-18-15(12-5-7-19-10-12)8-11-3-4-13(16)9-14(11)17/h3-4,9,12,15,18H,2,5-8,10H2,1H3. The van der Waals surface area contributed by atoms with Crippen LogP contribution in [0.4, 0.5) is 4.39 Å². The molecule has 1 saturated heterocycles. The minimum atomic E-state index is -0.128. The molecule has 0 amide bonds. The van der Waals surface area contributed by atoms with E-state index in [1.165, 1.54) is 6.07 Å². The molecule has 4 heteroatoms. The van der Waals surface area contributed by atoms with Crippen molar-refractivity contribution in [2.75, 3.05) is 19.8 Å². The van der Waals surface area contributed by atoms with Crippen molar-refractivity contribution in [2.24, 2.45) is 5.92 Å². The van der Waals surface area contributed by atoms with Crippen molar-refractivity contribution in [3.8, 4) is 0 Å². The molecule has 0 spiro atoms. The molecule has 1 aromatic carbocycles. The van der Waals surface area contributed by atoms with Crippen LogP contribution in [-0.4, -0.2) is 25.8 Å². The van der Waals surface area contributed by atoms with Gasteiger partial charge in [0.1, 0.15) is 5.82 Å². The van der Waals surface area contributed by atoms with Crippen LogP contribution in [0.25, 0.3) is 0 Å². The Morgan fingerprint density at radius 1 is 1.53 bits per heavy atom. The fourth-order valence-electron chi connectivity index (χ4n) is 2.53. The van der Waals surface area contributed by atoms with E-state index in [4.69, 9.17) is 4.74 Å². The number of nitrogens with one attached hydrogen (secondary N) is 1. The first-order valence-corrected chi connectivity index (χ1v) is 7.75. The highest BCUT2D eigenvalue weighted by molar-refractivity contribution is 9.10. The molecular weight excluding hydrogens is 309 g/mol. The Morgan fingerprint density at radius 3 is 3.00 bits per heavy atom. The molecule has 106 valence electrons. The van der Waals surface area contributed by atoms with Crippen LogP contribution in [-0.2, 0) is 11.2 Å². The van der Waals surface area contributed by atoms with Gasteiger partial charge in [0.2, 0.25) is 0 Å². The molecule has 1 aliphatic heterocycles. The smallest absolute Gasteiger partial charge is 0.127 e. The normalized spacial score (nSPS) is 20.7. The molecule has 0 bridgehead atoms. The van der Waals surface area contributed by atoms with E-state index >= 15 is 0 Å². The molecule has 2 nitrogen and oxygen atoms in total. The second-order valence-electron chi connectivity index (χ2n) is 5.12.